The van der Waals surface area contributed by atoms with Crippen LogP contribution in [-0.4, -0.2) is 37.9 Å². The van der Waals surface area contributed by atoms with E-state index in [9.17, 15) is 13.2 Å². The highest BCUT2D eigenvalue weighted by molar-refractivity contribution is 7.89. The molecule has 1 amide bonds. The van der Waals surface area contributed by atoms with Gasteiger partial charge in [0, 0.05) is 24.2 Å². The third-order valence-electron chi connectivity index (χ3n) is 4.88. The van der Waals surface area contributed by atoms with Crippen molar-refractivity contribution in [3.8, 4) is 0 Å². The Morgan fingerprint density at radius 3 is 2.23 bits per heavy atom. The highest BCUT2D eigenvalue weighted by atomic mass is 32.2. The van der Waals surface area contributed by atoms with E-state index in [4.69, 9.17) is 0 Å². The second kappa shape index (κ2) is 8.09. The Balaban J connectivity index is 2.30. The Labute approximate surface area is 158 Å². The van der Waals surface area contributed by atoms with Gasteiger partial charge in [0.15, 0.2) is 0 Å². The van der Waals surface area contributed by atoms with E-state index < -0.39 is 15.6 Å². The fourth-order valence-corrected chi connectivity index (χ4v) is 4.91. The van der Waals surface area contributed by atoms with E-state index in [1.807, 2.05) is 14.0 Å². The number of aryl methyl sites for hydroxylation is 1. The van der Waals surface area contributed by atoms with Gasteiger partial charge in [0.2, 0.25) is 10.0 Å². The first kappa shape index (κ1) is 20.9. The zero-order chi connectivity index (χ0) is 19.5. The molecule has 1 aromatic rings. The summed E-state index contributed by atoms with van der Waals surface area (Å²) in [6, 6.07) is 5.02. The molecule has 0 heterocycles. The second-order valence-corrected chi connectivity index (χ2v) is 10.1. The average molecular weight is 381 g/mol. The number of carbonyl (C=O) groups is 1. The van der Waals surface area contributed by atoms with Gasteiger partial charge in [-0.15, -0.1) is 0 Å². The van der Waals surface area contributed by atoms with Crippen molar-refractivity contribution in [3.05, 3.63) is 29.3 Å². The number of amides is 1. The fraction of sp³-hybridized carbons (Fsp3) is 0.650. The number of nitrogens with zero attached hydrogens (tertiary/aromatic N) is 1. The maximum atomic E-state index is 13.1. The molecule has 0 radical (unpaired) electrons. The summed E-state index contributed by atoms with van der Waals surface area (Å²) in [5.41, 5.74) is 0.684. The lowest BCUT2D eigenvalue weighted by molar-refractivity contribution is 0.0716. The van der Waals surface area contributed by atoms with Gasteiger partial charge in [-0.3, -0.25) is 4.79 Å². The summed E-state index contributed by atoms with van der Waals surface area (Å²) in [6.45, 7) is 7.24. The number of sulfonamides is 1. The summed E-state index contributed by atoms with van der Waals surface area (Å²) < 4.78 is 27.9. The number of rotatable bonds is 4. The number of benzene rings is 1. The molecule has 146 valence electrons. The van der Waals surface area contributed by atoms with E-state index in [1.165, 1.54) is 18.9 Å². The first-order chi connectivity index (χ1) is 12.0. The Morgan fingerprint density at radius 1 is 1.12 bits per heavy atom. The lowest BCUT2D eigenvalue weighted by atomic mass is 10.0. The molecule has 1 aliphatic carbocycles. The van der Waals surface area contributed by atoms with Crippen LogP contribution in [0.5, 0.6) is 0 Å². The Kier molecular flexibility index (Phi) is 6.51. The molecule has 0 spiro atoms. The minimum Gasteiger partial charge on any atom is -0.339 e. The van der Waals surface area contributed by atoms with E-state index in [0.717, 1.165) is 31.2 Å². The third kappa shape index (κ3) is 5.30. The van der Waals surface area contributed by atoms with Crippen LogP contribution in [0.2, 0.25) is 0 Å². The minimum atomic E-state index is -3.67. The van der Waals surface area contributed by atoms with Crippen LogP contribution in [0.15, 0.2) is 23.1 Å². The number of carbonyl (C=O) groups excluding carboxylic acids is 1. The summed E-state index contributed by atoms with van der Waals surface area (Å²) in [5.74, 6) is -0.0952. The normalized spacial score (nSPS) is 17.0. The Morgan fingerprint density at radius 2 is 1.69 bits per heavy atom. The van der Waals surface area contributed by atoms with Gasteiger partial charge in [0.25, 0.3) is 5.91 Å². The lowest BCUT2D eigenvalue weighted by Crippen LogP contribution is -2.40. The molecule has 1 N–H and O–H groups in total. The Hall–Kier alpha value is -1.40. The molecule has 5 nitrogen and oxygen atoms in total. The molecule has 0 aromatic heterocycles. The second-order valence-electron chi connectivity index (χ2n) is 8.39. The molecule has 1 aliphatic rings. The summed E-state index contributed by atoms with van der Waals surface area (Å²) >= 11 is 0. The van der Waals surface area contributed by atoms with E-state index in [0.29, 0.717) is 5.56 Å². The van der Waals surface area contributed by atoms with Crippen LogP contribution in [0.4, 0.5) is 0 Å². The quantitative estimate of drug-likeness (QED) is 0.807. The van der Waals surface area contributed by atoms with Gasteiger partial charge in [0.05, 0.1) is 4.90 Å². The summed E-state index contributed by atoms with van der Waals surface area (Å²) in [4.78, 5) is 15.0. The summed E-state index contributed by atoms with van der Waals surface area (Å²) in [6.07, 6.45) is 6.78. The third-order valence-corrected chi connectivity index (χ3v) is 6.64. The van der Waals surface area contributed by atoms with Crippen molar-refractivity contribution < 1.29 is 13.2 Å². The van der Waals surface area contributed by atoms with Crippen molar-refractivity contribution in [2.75, 3.05) is 7.05 Å². The molecule has 26 heavy (non-hydrogen) atoms. The first-order valence-corrected chi connectivity index (χ1v) is 10.9. The molecular weight excluding hydrogens is 348 g/mol. The molecule has 2 rings (SSSR count). The number of hydrogen-bond donors (Lipinski definition) is 1. The highest BCUT2D eigenvalue weighted by Gasteiger charge is 2.26. The molecule has 0 aliphatic heterocycles. The molecule has 6 heteroatoms. The molecule has 0 bridgehead atoms. The van der Waals surface area contributed by atoms with Gasteiger partial charge in [-0.1, -0.05) is 31.7 Å². The molecule has 0 saturated heterocycles. The maximum Gasteiger partial charge on any atom is 0.254 e. The fourth-order valence-electron chi connectivity index (χ4n) is 3.46. The lowest BCUT2D eigenvalue weighted by Gasteiger charge is -2.28. The van der Waals surface area contributed by atoms with Crippen molar-refractivity contribution in [3.63, 3.8) is 0 Å². The van der Waals surface area contributed by atoms with Crippen molar-refractivity contribution in [1.29, 1.82) is 0 Å². The Bertz CT molecular complexity index is 743. The van der Waals surface area contributed by atoms with Gasteiger partial charge in [-0.25, -0.2) is 13.1 Å². The smallest absolute Gasteiger partial charge is 0.254 e. The molecular formula is C20H32N2O3S. The van der Waals surface area contributed by atoms with Crippen molar-refractivity contribution >= 4 is 15.9 Å². The van der Waals surface area contributed by atoms with Gasteiger partial charge < -0.3 is 4.90 Å². The average Bonchev–Trinajstić information content (AvgIpc) is 2.80. The molecule has 1 fully saturated rings. The van der Waals surface area contributed by atoms with Crippen molar-refractivity contribution in [1.82, 2.24) is 9.62 Å². The monoisotopic (exact) mass is 380 g/mol. The van der Waals surface area contributed by atoms with Crippen molar-refractivity contribution in [2.45, 2.75) is 82.7 Å². The summed E-state index contributed by atoms with van der Waals surface area (Å²) in [7, 11) is -1.83. The van der Waals surface area contributed by atoms with Crippen LogP contribution in [0.25, 0.3) is 0 Å². The number of hydrogen-bond acceptors (Lipinski definition) is 3. The SMILES string of the molecule is Cc1ccc(S(=O)(=O)NC(C)(C)C)cc1C(=O)N(C)C1CCCCCC1. The predicted octanol–water partition coefficient (Wildman–Crippen LogP) is 3.87. The van der Waals surface area contributed by atoms with E-state index >= 15 is 0 Å². The van der Waals surface area contributed by atoms with Gasteiger partial charge in [-0.05, 0) is 58.2 Å². The number of nitrogens with one attached hydrogen (secondary N) is 1. The molecule has 0 atom stereocenters. The van der Waals surface area contributed by atoms with Crippen LogP contribution < -0.4 is 4.72 Å². The predicted molar refractivity (Wildman–Crippen MR) is 105 cm³/mol. The maximum absolute atomic E-state index is 13.1. The van der Waals surface area contributed by atoms with Crippen LogP contribution in [0.3, 0.4) is 0 Å². The van der Waals surface area contributed by atoms with Crippen LogP contribution in [0, 0.1) is 6.92 Å². The van der Waals surface area contributed by atoms with E-state index in [2.05, 4.69) is 4.72 Å². The van der Waals surface area contributed by atoms with E-state index in [-0.39, 0.29) is 16.8 Å². The largest absolute Gasteiger partial charge is 0.339 e. The van der Waals surface area contributed by atoms with Gasteiger partial charge >= 0.3 is 0 Å². The van der Waals surface area contributed by atoms with Gasteiger partial charge in [0.1, 0.15) is 0 Å². The topological polar surface area (TPSA) is 66.5 Å². The van der Waals surface area contributed by atoms with Crippen molar-refractivity contribution in [2.24, 2.45) is 0 Å². The van der Waals surface area contributed by atoms with Gasteiger partial charge in [-0.2, -0.15) is 0 Å². The van der Waals surface area contributed by atoms with Crippen LogP contribution in [-0.2, 0) is 10.0 Å². The molecule has 1 saturated carbocycles. The molecule has 1 aromatic carbocycles. The van der Waals surface area contributed by atoms with Crippen LogP contribution >= 0.6 is 0 Å². The highest BCUT2D eigenvalue weighted by Crippen LogP contribution is 2.24. The zero-order valence-electron chi connectivity index (χ0n) is 16.6. The minimum absolute atomic E-state index is 0.0952. The molecule has 0 unspecified atom stereocenters. The standard InChI is InChI=1S/C20H32N2O3S/c1-15-12-13-17(26(24,25)21-20(2,3)4)14-18(15)19(23)22(5)16-10-8-6-7-9-11-16/h12-14,16,21H,6-11H2,1-5H3. The van der Waals surface area contributed by atoms with E-state index in [1.54, 1.807) is 37.8 Å². The first-order valence-electron chi connectivity index (χ1n) is 9.43. The van der Waals surface area contributed by atoms with Crippen LogP contribution in [0.1, 0.15) is 75.2 Å². The zero-order valence-corrected chi connectivity index (χ0v) is 17.4. The summed E-state index contributed by atoms with van der Waals surface area (Å²) in [5, 5.41) is 0.